The van der Waals surface area contributed by atoms with Crippen LogP contribution in [0.2, 0.25) is 0 Å². The molecule has 0 heterocycles. The minimum absolute atomic E-state index is 0.110. The van der Waals surface area contributed by atoms with Crippen LogP contribution in [0.3, 0.4) is 0 Å². The normalized spacial score (nSPS) is 9.93. The molecule has 1 aromatic rings. The van der Waals surface area contributed by atoms with E-state index in [4.69, 9.17) is 14.5 Å². The molecule has 1 aromatic carbocycles. The number of aliphatic hydroxyl groups excluding tert-OH is 1. The molecule has 76 valence electrons. The molecule has 0 atom stereocenters. The van der Waals surface area contributed by atoms with E-state index in [2.05, 4.69) is 0 Å². The molecule has 0 radical (unpaired) electrons. The van der Waals surface area contributed by atoms with Gasteiger partial charge in [-0.15, -0.1) is 0 Å². The van der Waals surface area contributed by atoms with Crippen molar-refractivity contribution < 1.29 is 19.5 Å². The number of rotatable bonds is 5. The van der Waals surface area contributed by atoms with Crippen LogP contribution in [0.1, 0.15) is 0 Å². The topological polar surface area (TPSA) is 58.9 Å². The zero-order valence-corrected chi connectivity index (χ0v) is 8.01. The molecule has 0 aliphatic rings. The van der Waals surface area contributed by atoms with Crippen molar-refractivity contribution >= 4 is 12.6 Å². The first-order chi connectivity index (χ1) is 6.77. The summed E-state index contributed by atoms with van der Waals surface area (Å²) in [5, 5.41) is 18.0. The molecule has 5 heteroatoms. The number of methoxy groups -OCH3 is 1. The van der Waals surface area contributed by atoms with Crippen molar-refractivity contribution in [3.8, 4) is 5.75 Å². The summed E-state index contributed by atoms with van der Waals surface area (Å²) in [6.45, 7) is -0.000590. The maximum absolute atomic E-state index is 9.48. The number of hydrogen-bond donors (Lipinski definition) is 2. The van der Waals surface area contributed by atoms with Gasteiger partial charge in [-0.25, -0.2) is 0 Å². The van der Waals surface area contributed by atoms with Crippen molar-refractivity contribution in [2.24, 2.45) is 0 Å². The summed E-state index contributed by atoms with van der Waals surface area (Å²) in [5.41, 5.74) is 0.609. The van der Waals surface area contributed by atoms with Crippen molar-refractivity contribution in [2.45, 2.75) is 0 Å². The molecule has 0 unspecified atom stereocenters. The highest BCUT2D eigenvalue weighted by atomic mass is 16.5. The summed E-state index contributed by atoms with van der Waals surface area (Å²) in [4.78, 5) is 0. The molecule has 0 aliphatic heterocycles. The van der Waals surface area contributed by atoms with Crippen molar-refractivity contribution in [2.75, 3.05) is 20.3 Å². The largest absolute Gasteiger partial charge is 0.497 e. The van der Waals surface area contributed by atoms with Crippen LogP contribution in [0.5, 0.6) is 5.75 Å². The van der Waals surface area contributed by atoms with Crippen LogP contribution in [-0.2, 0) is 4.65 Å². The third-order valence-corrected chi connectivity index (χ3v) is 1.75. The first kappa shape index (κ1) is 11.0. The Bertz CT molecular complexity index is 279. The Kier molecular flexibility index (Phi) is 4.45. The first-order valence-electron chi connectivity index (χ1n) is 4.32. The van der Waals surface area contributed by atoms with E-state index < -0.39 is 7.12 Å². The van der Waals surface area contributed by atoms with Crippen molar-refractivity contribution in [3.05, 3.63) is 24.3 Å². The van der Waals surface area contributed by atoms with Crippen LogP contribution < -0.4 is 10.2 Å². The molecule has 0 spiro atoms. The second kappa shape index (κ2) is 5.64. The van der Waals surface area contributed by atoms with E-state index in [0.29, 0.717) is 11.2 Å². The minimum atomic E-state index is -1.02. The average molecular weight is 196 g/mol. The Morgan fingerprint density at radius 1 is 1.43 bits per heavy atom. The predicted octanol–water partition coefficient (Wildman–Crippen LogP) is -0.608. The van der Waals surface area contributed by atoms with Gasteiger partial charge in [-0.3, -0.25) is 0 Å². The first-order valence-corrected chi connectivity index (χ1v) is 4.32. The molecule has 0 aliphatic carbocycles. The van der Waals surface area contributed by atoms with Gasteiger partial charge in [0.2, 0.25) is 0 Å². The zero-order chi connectivity index (χ0) is 10.4. The van der Waals surface area contributed by atoms with Crippen LogP contribution >= 0.6 is 0 Å². The zero-order valence-electron chi connectivity index (χ0n) is 8.01. The molecule has 0 saturated heterocycles. The Morgan fingerprint density at radius 3 is 2.86 bits per heavy atom. The molecule has 4 nitrogen and oxygen atoms in total. The van der Waals surface area contributed by atoms with Crippen LogP contribution in [0.15, 0.2) is 24.3 Å². The third kappa shape index (κ3) is 3.03. The SMILES string of the molecule is COc1cccc(B(O)OCCO)c1. The monoisotopic (exact) mass is 196 g/mol. The maximum atomic E-state index is 9.48. The molecule has 0 bridgehead atoms. The standard InChI is InChI=1S/C9H13BO4/c1-13-9-4-2-3-8(7-9)10(12)14-6-5-11/h2-4,7,11-12H,5-6H2,1H3. The van der Waals surface area contributed by atoms with E-state index in [1.54, 1.807) is 31.4 Å². The number of benzene rings is 1. The Balaban J connectivity index is 2.64. The lowest BCUT2D eigenvalue weighted by Crippen LogP contribution is -2.34. The Hall–Kier alpha value is -1.04. The lowest BCUT2D eigenvalue weighted by atomic mass is 9.79. The van der Waals surface area contributed by atoms with Crippen LogP contribution in [0.25, 0.3) is 0 Å². The van der Waals surface area contributed by atoms with Gasteiger partial charge in [0.15, 0.2) is 0 Å². The Morgan fingerprint density at radius 2 is 2.21 bits per heavy atom. The van der Waals surface area contributed by atoms with Crippen LogP contribution in [0.4, 0.5) is 0 Å². The molecule has 1 rings (SSSR count). The van der Waals surface area contributed by atoms with Gasteiger partial charge in [-0.1, -0.05) is 12.1 Å². The molecule has 2 N–H and O–H groups in total. The summed E-state index contributed by atoms with van der Waals surface area (Å²) in [6.07, 6.45) is 0. The van der Waals surface area contributed by atoms with Gasteiger partial charge in [0.1, 0.15) is 5.75 Å². The van der Waals surface area contributed by atoms with Crippen LogP contribution in [-0.4, -0.2) is 37.6 Å². The van der Waals surface area contributed by atoms with Crippen LogP contribution in [0, 0.1) is 0 Å². The molecule has 0 saturated carbocycles. The summed E-state index contributed by atoms with van der Waals surface area (Å²) in [6, 6.07) is 6.95. The quantitative estimate of drug-likeness (QED) is 0.617. The highest BCUT2D eigenvalue weighted by Gasteiger charge is 2.16. The number of hydrogen-bond acceptors (Lipinski definition) is 4. The predicted molar refractivity (Wildman–Crippen MR) is 53.6 cm³/mol. The number of aliphatic hydroxyl groups is 1. The molecule has 0 fully saturated rings. The van der Waals surface area contributed by atoms with Gasteiger partial charge in [0.25, 0.3) is 0 Å². The molecule has 14 heavy (non-hydrogen) atoms. The lowest BCUT2D eigenvalue weighted by molar-refractivity contribution is 0.183. The van der Waals surface area contributed by atoms with E-state index in [9.17, 15) is 5.02 Å². The van der Waals surface area contributed by atoms with Crippen molar-refractivity contribution in [1.82, 2.24) is 0 Å². The van der Waals surface area contributed by atoms with Gasteiger partial charge in [-0.05, 0) is 17.6 Å². The number of ether oxygens (including phenoxy) is 1. The fourth-order valence-electron chi connectivity index (χ4n) is 1.06. The highest BCUT2D eigenvalue weighted by molar-refractivity contribution is 6.60. The van der Waals surface area contributed by atoms with E-state index in [-0.39, 0.29) is 13.2 Å². The molecule has 0 amide bonds. The summed E-state index contributed by atoms with van der Waals surface area (Å²) < 4.78 is 9.92. The third-order valence-electron chi connectivity index (χ3n) is 1.75. The Labute approximate surface area is 83.2 Å². The second-order valence-electron chi connectivity index (χ2n) is 2.72. The van der Waals surface area contributed by atoms with Gasteiger partial charge in [-0.2, -0.15) is 0 Å². The van der Waals surface area contributed by atoms with E-state index in [0.717, 1.165) is 0 Å². The smallest absolute Gasteiger partial charge is 0.491 e. The van der Waals surface area contributed by atoms with Gasteiger partial charge >= 0.3 is 7.12 Å². The van der Waals surface area contributed by atoms with E-state index in [1.165, 1.54) is 0 Å². The van der Waals surface area contributed by atoms with Gasteiger partial charge in [0, 0.05) is 0 Å². The summed E-state index contributed by atoms with van der Waals surface area (Å²) in [7, 11) is 0.539. The van der Waals surface area contributed by atoms with Crippen molar-refractivity contribution in [1.29, 1.82) is 0 Å². The van der Waals surface area contributed by atoms with E-state index >= 15 is 0 Å². The highest BCUT2D eigenvalue weighted by Crippen LogP contribution is 2.06. The molecular weight excluding hydrogens is 183 g/mol. The minimum Gasteiger partial charge on any atom is -0.497 e. The average Bonchev–Trinajstić information content (AvgIpc) is 2.26. The fraction of sp³-hybridized carbons (Fsp3) is 0.333. The molecule has 0 aromatic heterocycles. The fourth-order valence-corrected chi connectivity index (χ4v) is 1.06. The second-order valence-corrected chi connectivity index (χ2v) is 2.72. The summed E-state index contributed by atoms with van der Waals surface area (Å²) >= 11 is 0. The van der Waals surface area contributed by atoms with Gasteiger partial charge < -0.3 is 19.5 Å². The van der Waals surface area contributed by atoms with Crippen molar-refractivity contribution in [3.63, 3.8) is 0 Å². The van der Waals surface area contributed by atoms with Gasteiger partial charge in [0.05, 0.1) is 20.3 Å². The summed E-state index contributed by atoms with van der Waals surface area (Å²) in [5.74, 6) is 0.661. The van der Waals surface area contributed by atoms with E-state index in [1.807, 2.05) is 0 Å². The molecular formula is C9H13BO4. The maximum Gasteiger partial charge on any atom is 0.491 e. The lowest BCUT2D eigenvalue weighted by Gasteiger charge is -2.07.